The molecule has 0 N–H and O–H groups in total. The smallest absolute Gasteiger partial charge is 0.174 e. The number of nitrogens with zero attached hydrogens (tertiary/aromatic N) is 1. The van der Waals surface area contributed by atoms with Gasteiger partial charge in [0.1, 0.15) is 12.4 Å². The molecule has 2 aliphatic carbocycles. The minimum Gasteiger partial charge on any atom is -0.493 e. The number of halogens is 2. The first-order valence-electron chi connectivity index (χ1n) is 13.9. The highest BCUT2D eigenvalue weighted by molar-refractivity contribution is 14.1. The van der Waals surface area contributed by atoms with Crippen LogP contribution in [0.1, 0.15) is 77.3 Å². The summed E-state index contributed by atoms with van der Waals surface area (Å²) in [4.78, 5) is 30.0. The zero-order valence-electron chi connectivity index (χ0n) is 24.1. The van der Waals surface area contributed by atoms with E-state index < -0.39 is 5.92 Å². The molecule has 0 bridgehead atoms. The number of carbonyl (C=O) groups is 2. The fraction of sp³-hybridized carbons (Fsp3) is 0.455. The van der Waals surface area contributed by atoms with Gasteiger partial charge in [0.15, 0.2) is 23.1 Å². The maximum Gasteiger partial charge on any atom is 0.174 e. The van der Waals surface area contributed by atoms with Gasteiger partial charge in [-0.15, -0.1) is 0 Å². The molecule has 0 unspecified atom stereocenters. The van der Waals surface area contributed by atoms with Crippen molar-refractivity contribution in [2.24, 2.45) is 10.8 Å². The number of benzene rings is 2. The molecule has 40 heavy (non-hydrogen) atoms. The van der Waals surface area contributed by atoms with Crippen LogP contribution in [-0.2, 0) is 16.2 Å². The predicted octanol–water partition coefficient (Wildman–Crippen LogP) is 7.72. The molecule has 5 nitrogen and oxygen atoms in total. The molecular formula is C33H37FINO4. The first kappa shape index (κ1) is 28.8. The van der Waals surface area contributed by atoms with Crippen molar-refractivity contribution in [3.05, 3.63) is 79.5 Å². The van der Waals surface area contributed by atoms with Crippen molar-refractivity contribution >= 4 is 34.2 Å². The van der Waals surface area contributed by atoms with Gasteiger partial charge in [-0.05, 0) is 88.6 Å². The van der Waals surface area contributed by atoms with E-state index in [9.17, 15) is 14.0 Å². The topological polar surface area (TPSA) is 55.8 Å². The molecule has 3 aliphatic rings. The minimum atomic E-state index is -0.437. The maximum absolute atomic E-state index is 13.9. The summed E-state index contributed by atoms with van der Waals surface area (Å²) in [6.45, 7) is 11.7. The molecule has 0 saturated heterocycles. The Kier molecular flexibility index (Phi) is 7.66. The summed E-state index contributed by atoms with van der Waals surface area (Å²) >= 11 is 2.23. The number of hydrogen-bond acceptors (Lipinski definition) is 5. The number of ketones is 2. The normalized spacial score (nSPS) is 20.4. The average molecular weight is 658 g/mol. The Morgan fingerprint density at radius 1 is 0.925 bits per heavy atom. The lowest BCUT2D eigenvalue weighted by Crippen LogP contribution is -2.44. The number of allylic oxidation sites excluding steroid dienone is 4. The Morgan fingerprint density at radius 2 is 1.48 bits per heavy atom. The van der Waals surface area contributed by atoms with Crippen molar-refractivity contribution in [1.29, 1.82) is 0 Å². The van der Waals surface area contributed by atoms with Gasteiger partial charge in [0.05, 0.1) is 10.7 Å². The van der Waals surface area contributed by atoms with Crippen molar-refractivity contribution in [3.63, 3.8) is 0 Å². The van der Waals surface area contributed by atoms with E-state index in [2.05, 4.69) is 62.1 Å². The Balaban J connectivity index is 1.64. The molecule has 0 fully saturated rings. The van der Waals surface area contributed by atoms with Gasteiger partial charge in [-0.25, -0.2) is 4.39 Å². The Bertz CT molecular complexity index is 1380. The molecule has 212 valence electrons. The number of hydrogen-bond donors (Lipinski definition) is 0. The van der Waals surface area contributed by atoms with Gasteiger partial charge in [-0.3, -0.25) is 9.59 Å². The summed E-state index contributed by atoms with van der Waals surface area (Å²) in [5.74, 6) is 0.622. The lowest BCUT2D eigenvalue weighted by atomic mass is 9.63. The van der Waals surface area contributed by atoms with E-state index in [1.165, 1.54) is 12.1 Å². The maximum atomic E-state index is 13.9. The number of Topliss-reactive ketones (excluding diaryl/α,β-unsaturated/α-hetero) is 2. The van der Waals surface area contributed by atoms with Crippen LogP contribution in [0.25, 0.3) is 0 Å². The lowest BCUT2D eigenvalue weighted by Gasteiger charge is -2.49. The van der Waals surface area contributed by atoms with Crippen molar-refractivity contribution in [3.8, 4) is 11.5 Å². The van der Waals surface area contributed by atoms with Gasteiger partial charge in [0, 0.05) is 47.8 Å². The van der Waals surface area contributed by atoms with Crippen molar-refractivity contribution in [1.82, 2.24) is 4.90 Å². The van der Waals surface area contributed by atoms with Crippen LogP contribution in [0.2, 0.25) is 0 Å². The molecule has 0 atom stereocenters. The summed E-state index contributed by atoms with van der Waals surface area (Å²) < 4.78 is 26.1. The van der Waals surface area contributed by atoms with Gasteiger partial charge >= 0.3 is 0 Å². The Hall–Kier alpha value is -2.68. The van der Waals surface area contributed by atoms with Gasteiger partial charge in [0.2, 0.25) is 0 Å². The third-order valence-electron chi connectivity index (χ3n) is 8.22. The predicted molar refractivity (Wildman–Crippen MR) is 162 cm³/mol. The van der Waals surface area contributed by atoms with Gasteiger partial charge in [-0.2, -0.15) is 0 Å². The summed E-state index contributed by atoms with van der Waals surface area (Å²) in [7, 11) is 1.59. The second-order valence-electron chi connectivity index (χ2n) is 12.7. The first-order chi connectivity index (χ1) is 18.8. The SMILES string of the molecule is CCN1C2=C(C(=O)CC(C)(C)C2)C(c2cc(I)c(OCc3ccc(F)cc3)c(OC)c2)C2=C1CC(C)(C)CC2=O. The number of methoxy groups -OCH3 is 1. The summed E-state index contributed by atoms with van der Waals surface area (Å²) in [6, 6.07) is 10.1. The monoisotopic (exact) mass is 657 g/mol. The van der Waals surface area contributed by atoms with E-state index in [-0.39, 0.29) is 34.8 Å². The quantitative estimate of drug-likeness (QED) is 0.298. The molecule has 0 aromatic heterocycles. The molecule has 0 saturated carbocycles. The van der Waals surface area contributed by atoms with Gasteiger partial charge < -0.3 is 14.4 Å². The summed E-state index contributed by atoms with van der Waals surface area (Å²) in [5, 5.41) is 0. The molecule has 1 aliphatic heterocycles. The van der Waals surface area contributed by atoms with Crippen molar-refractivity contribution in [2.45, 2.75) is 72.8 Å². The van der Waals surface area contributed by atoms with Crippen LogP contribution < -0.4 is 9.47 Å². The number of ether oxygens (including phenoxy) is 2. The van der Waals surface area contributed by atoms with Crippen LogP contribution in [0.5, 0.6) is 11.5 Å². The summed E-state index contributed by atoms with van der Waals surface area (Å²) in [6.07, 6.45) is 2.48. The molecule has 5 rings (SSSR count). The zero-order chi connectivity index (χ0) is 29.0. The minimum absolute atomic E-state index is 0.115. The third-order valence-corrected chi connectivity index (χ3v) is 9.02. The summed E-state index contributed by atoms with van der Waals surface area (Å²) in [5.41, 5.74) is 5.04. The molecule has 1 heterocycles. The number of rotatable bonds is 6. The standard InChI is InChI=1S/C33H37FINO4/c1-7-36-23-14-32(2,3)16-25(37)29(23)28(30-24(36)15-33(4,5)17-26(30)38)20-12-22(35)31(27(13-20)39-6)40-18-19-8-10-21(34)11-9-19/h8-13,28H,7,14-18H2,1-6H3. The number of carbonyl (C=O) groups excluding carboxylic acids is 2. The zero-order valence-corrected chi connectivity index (χ0v) is 26.3. The Labute approximate surface area is 249 Å². The average Bonchev–Trinajstić information content (AvgIpc) is 2.86. The fourth-order valence-electron chi connectivity index (χ4n) is 6.55. The van der Waals surface area contributed by atoms with E-state index in [0.717, 1.165) is 50.1 Å². The van der Waals surface area contributed by atoms with E-state index in [4.69, 9.17) is 9.47 Å². The van der Waals surface area contributed by atoms with Gasteiger partial charge in [0.25, 0.3) is 0 Å². The molecule has 7 heteroatoms. The van der Waals surface area contributed by atoms with Crippen LogP contribution in [0.15, 0.2) is 58.9 Å². The second-order valence-corrected chi connectivity index (χ2v) is 13.9. The molecule has 0 amide bonds. The van der Waals surface area contributed by atoms with Crippen molar-refractivity contribution < 1.29 is 23.5 Å². The highest BCUT2D eigenvalue weighted by atomic mass is 127. The van der Waals surface area contributed by atoms with Crippen LogP contribution >= 0.6 is 22.6 Å². The highest BCUT2D eigenvalue weighted by Crippen LogP contribution is 2.55. The van der Waals surface area contributed by atoms with E-state index in [1.807, 2.05) is 12.1 Å². The van der Waals surface area contributed by atoms with Crippen molar-refractivity contribution in [2.75, 3.05) is 13.7 Å². The van der Waals surface area contributed by atoms with E-state index >= 15 is 0 Å². The van der Waals surface area contributed by atoms with Gasteiger partial charge in [-0.1, -0.05) is 39.8 Å². The highest BCUT2D eigenvalue weighted by Gasteiger charge is 2.48. The first-order valence-corrected chi connectivity index (χ1v) is 15.0. The second kappa shape index (κ2) is 10.6. The molecular weight excluding hydrogens is 620 g/mol. The molecule has 0 radical (unpaired) electrons. The van der Waals surface area contributed by atoms with E-state index in [0.29, 0.717) is 30.9 Å². The fourth-order valence-corrected chi connectivity index (χ4v) is 7.33. The van der Waals surface area contributed by atoms with Crippen LogP contribution in [0, 0.1) is 20.2 Å². The molecule has 2 aromatic rings. The molecule has 0 spiro atoms. The van der Waals surface area contributed by atoms with E-state index in [1.54, 1.807) is 19.2 Å². The third kappa shape index (κ3) is 5.33. The molecule has 2 aromatic carbocycles. The Morgan fingerprint density at radius 3 is 1.98 bits per heavy atom. The van der Waals surface area contributed by atoms with Crippen LogP contribution in [0.3, 0.4) is 0 Å². The lowest BCUT2D eigenvalue weighted by molar-refractivity contribution is -0.119. The van der Waals surface area contributed by atoms with Crippen LogP contribution in [0.4, 0.5) is 4.39 Å². The van der Waals surface area contributed by atoms with Crippen LogP contribution in [-0.4, -0.2) is 30.1 Å². The largest absolute Gasteiger partial charge is 0.493 e.